The van der Waals surface area contributed by atoms with Gasteiger partial charge in [-0.3, -0.25) is 28.9 Å². The molecule has 2 saturated heterocycles. The van der Waals surface area contributed by atoms with Gasteiger partial charge in [-0.05, 0) is 60.6 Å². The Morgan fingerprint density at radius 1 is 0.806 bits per heavy atom. The fourth-order valence-corrected chi connectivity index (χ4v) is 8.74. The zero-order valence-electron chi connectivity index (χ0n) is 37.6. The van der Waals surface area contributed by atoms with Crippen LogP contribution in [0.2, 0.25) is 0 Å². The monoisotopic (exact) mass is 934 g/mol. The van der Waals surface area contributed by atoms with E-state index in [1.165, 1.54) is 23.5 Å². The average Bonchev–Trinajstić information content (AvgIpc) is 3.56. The van der Waals surface area contributed by atoms with Gasteiger partial charge in [0.2, 0.25) is 5.60 Å². The summed E-state index contributed by atoms with van der Waals surface area (Å²) in [6.45, 7) is 11.0. The Labute approximate surface area is 388 Å². The van der Waals surface area contributed by atoms with Crippen molar-refractivity contribution in [3.63, 3.8) is 0 Å². The SMILES string of the molecule is Cc1nc(/C(=N/OC2(C(=O)OC(C)(C)C)CC2)C(=O)C[C@H]2CON(C3(C(=O)OC(C)(C)C)C[C@H](N4C(=O)c5cc6c(cc5C4=O)OC(c4ccccc4)(c4ccccc4)O6)C(=O)O3)C2=O)cs1. The minimum Gasteiger partial charge on any atom is -0.457 e. The number of fused-ring (bicyclic) bond motifs is 2. The van der Waals surface area contributed by atoms with Crippen LogP contribution >= 0.6 is 11.3 Å². The second-order valence-corrected chi connectivity index (χ2v) is 19.9. The molecule has 1 unspecified atom stereocenters. The molecular formula is C48H46N4O14S. The summed E-state index contributed by atoms with van der Waals surface area (Å²) in [5, 5.41) is 6.82. The first-order valence-corrected chi connectivity index (χ1v) is 22.5. The Kier molecular flexibility index (Phi) is 10.9. The van der Waals surface area contributed by atoms with Crippen molar-refractivity contribution >= 4 is 58.5 Å². The number of imide groups is 1. The Morgan fingerprint density at radius 2 is 1.36 bits per heavy atom. The fourth-order valence-electron chi connectivity index (χ4n) is 8.14. The molecule has 19 heteroatoms. The number of oxime groups is 1. The Hall–Kier alpha value is -6.99. The lowest BCUT2D eigenvalue weighted by molar-refractivity contribution is -0.263. The van der Waals surface area contributed by atoms with Crippen LogP contribution in [0.3, 0.4) is 0 Å². The third-order valence-corrected chi connectivity index (χ3v) is 12.2. The molecule has 4 aromatic rings. The van der Waals surface area contributed by atoms with Crippen LogP contribution in [0.15, 0.2) is 83.3 Å². The van der Waals surface area contributed by atoms with E-state index in [1.807, 2.05) is 60.7 Å². The smallest absolute Gasteiger partial charge is 0.375 e. The maximum atomic E-state index is 14.4. The molecule has 3 atom stereocenters. The molecule has 3 amide bonds. The van der Waals surface area contributed by atoms with Crippen LogP contribution in [0.25, 0.3) is 0 Å². The van der Waals surface area contributed by atoms with E-state index in [0.29, 0.717) is 38.9 Å². The molecule has 9 rings (SSSR count). The number of hydrogen-bond donors (Lipinski definition) is 0. The van der Waals surface area contributed by atoms with Crippen molar-refractivity contribution in [2.24, 2.45) is 11.1 Å². The first-order valence-electron chi connectivity index (χ1n) is 21.6. The van der Waals surface area contributed by atoms with Crippen LogP contribution in [0.4, 0.5) is 0 Å². The highest BCUT2D eigenvalue weighted by Gasteiger charge is 2.66. The van der Waals surface area contributed by atoms with E-state index in [4.69, 9.17) is 33.4 Å². The molecule has 3 fully saturated rings. The predicted molar refractivity (Wildman–Crippen MR) is 233 cm³/mol. The maximum Gasteiger partial charge on any atom is 0.375 e. The van der Waals surface area contributed by atoms with Crippen molar-refractivity contribution in [2.45, 2.75) is 109 Å². The number of aromatic nitrogens is 1. The Morgan fingerprint density at radius 3 is 1.87 bits per heavy atom. The third kappa shape index (κ3) is 8.09. The summed E-state index contributed by atoms with van der Waals surface area (Å²) in [5.41, 5.74) is -5.07. The van der Waals surface area contributed by atoms with E-state index < -0.39 is 101 Å². The molecule has 0 N–H and O–H groups in total. The number of esters is 3. The van der Waals surface area contributed by atoms with Crippen LogP contribution in [-0.2, 0) is 53.6 Å². The second kappa shape index (κ2) is 16.1. The molecule has 67 heavy (non-hydrogen) atoms. The summed E-state index contributed by atoms with van der Waals surface area (Å²) in [6.07, 6.45) is -0.718. The van der Waals surface area contributed by atoms with E-state index in [9.17, 15) is 33.6 Å². The van der Waals surface area contributed by atoms with Crippen LogP contribution in [0.1, 0.15) is 110 Å². The number of amides is 3. The minimum atomic E-state index is -2.64. The lowest BCUT2D eigenvalue weighted by atomic mass is 9.97. The number of rotatable bonds is 12. The number of cyclic esters (lactones) is 1. The minimum absolute atomic E-state index is 0.102. The van der Waals surface area contributed by atoms with Crippen molar-refractivity contribution in [1.29, 1.82) is 0 Å². The fraction of sp³-hybridized carbons (Fsp3) is 0.396. The van der Waals surface area contributed by atoms with Gasteiger partial charge in [0.25, 0.3) is 17.7 Å². The number of nitrogens with zero attached hydrogens (tertiary/aromatic N) is 4. The van der Waals surface area contributed by atoms with E-state index >= 15 is 0 Å². The number of ether oxygens (including phenoxy) is 5. The summed E-state index contributed by atoms with van der Waals surface area (Å²) in [6, 6.07) is 19.3. The highest BCUT2D eigenvalue weighted by molar-refractivity contribution is 7.09. The van der Waals surface area contributed by atoms with Crippen LogP contribution in [-0.4, -0.2) is 97.2 Å². The van der Waals surface area contributed by atoms with Gasteiger partial charge in [0.15, 0.2) is 23.0 Å². The summed E-state index contributed by atoms with van der Waals surface area (Å²) < 4.78 is 29.9. The van der Waals surface area contributed by atoms with Crippen molar-refractivity contribution in [3.8, 4) is 11.5 Å². The molecule has 3 aromatic carbocycles. The highest BCUT2D eigenvalue weighted by Crippen LogP contribution is 2.51. The first-order chi connectivity index (χ1) is 31.6. The lowest BCUT2D eigenvalue weighted by Gasteiger charge is -2.35. The second-order valence-electron chi connectivity index (χ2n) is 18.8. The summed E-state index contributed by atoms with van der Waals surface area (Å²) in [7, 11) is 0. The zero-order valence-corrected chi connectivity index (χ0v) is 38.4. The largest absolute Gasteiger partial charge is 0.457 e. The van der Waals surface area contributed by atoms with Gasteiger partial charge >= 0.3 is 29.4 Å². The molecule has 1 aromatic heterocycles. The number of ketones is 1. The number of thiazole rings is 1. The molecule has 0 radical (unpaired) electrons. The molecule has 5 aliphatic rings. The van der Waals surface area contributed by atoms with Gasteiger partial charge in [0.05, 0.1) is 35.1 Å². The van der Waals surface area contributed by atoms with Gasteiger partial charge < -0.3 is 28.5 Å². The molecule has 0 spiro atoms. The van der Waals surface area contributed by atoms with Crippen LogP contribution in [0, 0.1) is 12.8 Å². The zero-order chi connectivity index (χ0) is 47.8. The van der Waals surface area contributed by atoms with Gasteiger partial charge in [-0.1, -0.05) is 65.8 Å². The molecule has 348 valence electrons. The molecule has 1 saturated carbocycles. The predicted octanol–water partition coefficient (Wildman–Crippen LogP) is 5.72. The van der Waals surface area contributed by atoms with E-state index in [2.05, 4.69) is 10.1 Å². The summed E-state index contributed by atoms with van der Waals surface area (Å²) in [5.74, 6) is -8.92. The number of carbonyl (C=O) groups is 7. The number of hydroxylamine groups is 2. The number of hydrogen-bond acceptors (Lipinski definition) is 17. The summed E-state index contributed by atoms with van der Waals surface area (Å²) >= 11 is 1.24. The summed E-state index contributed by atoms with van der Waals surface area (Å²) in [4.78, 5) is 115. The number of benzene rings is 3. The number of carbonyl (C=O) groups excluding carboxylic acids is 7. The quantitative estimate of drug-likeness (QED) is 0.0546. The van der Waals surface area contributed by atoms with Gasteiger partial charge in [-0.15, -0.1) is 11.3 Å². The molecule has 4 aliphatic heterocycles. The van der Waals surface area contributed by atoms with Gasteiger partial charge in [-0.2, -0.15) is 5.06 Å². The van der Waals surface area contributed by atoms with Crippen LogP contribution in [0.5, 0.6) is 11.5 Å². The van der Waals surface area contributed by atoms with Crippen LogP contribution < -0.4 is 9.47 Å². The average molecular weight is 935 g/mol. The van der Waals surface area contributed by atoms with Gasteiger partial charge in [-0.25, -0.2) is 19.4 Å². The molecule has 0 bridgehead atoms. The van der Waals surface area contributed by atoms with Gasteiger partial charge in [0.1, 0.15) is 22.9 Å². The van der Waals surface area contributed by atoms with Crippen molar-refractivity contribution < 1.29 is 66.9 Å². The van der Waals surface area contributed by atoms with Crippen molar-refractivity contribution in [2.75, 3.05) is 6.61 Å². The normalized spacial score (nSPS) is 22.7. The van der Waals surface area contributed by atoms with Crippen molar-refractivity contribution in [3.05, 3.63) is 111 Å². The molecule has 18 nitrogen and oxygen atoms in total. The maximum absolute atomic E-state index is 14.4. The van der Waals surface area contributed by atoms with E-state index in [-0.39, 0.29) is 34.0 Å². The number of Topliss-reactive ketones (excluding diaryl/α,β-unsaturated/α-hetero) is 1. The standard InChI is InChI=1S/C48H46N4O14S/c1-26-49-32(25-67-26)37(50-66-46(18-19-46)42(58)64-44(2,3)4)34(53)20-27-24-60-52(38(27)54)47(43(59)65-45(5,6)7)23-33(41(57)63-47)51-39(55)30-21-35-36(22-31(30)40(51)56)62-48(61-35,28-14-10-8-11-15-28)29-16-12-9-13-17-29/h8-17,21-22,25,27,33H,18-20,23-24H2,1-7H3/b50-37-/t27-,33-,47?/m0/s1. The molecule has 5 heterocycles. The Bertz CT molecular complexity index is 2690. The van der Waals surface area contributed by atoms with Crippen molar-refractivity contribution in [1.82, 2.24) is 14.9 Å². The Balaban J connectivity index is 0.968. The van der Waals surface area contributed by atoms with E-state index in [1.54, 1.807) is 53.8 Å². The topological polar surface area (TPSA) is 216 Å². The first kappa shape index (κ1) is 45.2. The molecule has 1 aliphatic carbocycles. The third-order valence-electron chi connectivity index (χ3n) is 11.5. The van der Waals surface area contributed by atoms with E-state index in [0.717, 1.165) is 0 Å². The number of aryl methyl sites for hydroxylation is 1. The van der Waals surface area contributed by atoms with Gasteiger partial charge in [0, 0.05) is 35.8 Å². The highest BCUT2D eigenvalue weighted by atomic mass is 32.1. The molecular weight excluding hydrogens is 889 g/mol. The lowest BCUT2D eigenvalue weighted by Crippen LogP contribution is -2.57.